The average molecular weight is 1220 g/mol. The maximum Gasteiger partial charge on any atom is -0.197 e. The molecule has 0 amide bonds. The first kappa shape index (κ1) is 65.2. The van der Waals surface area contributed by atoms with Crippen LogP contribution in [0.4, 0.5) is 0 Å². The molecule has 16 heteroatoms. The summed E-state index contributed by atoms with van der Waals surface area (Å²) in [6.45, 7) is 6.00. The van der Waals surface area contributed by atoms with Crippen molar-refractivity contribution in [2.24, 2.45) is 0 Å². The van der Waals surface area contributed by atoms with Crippen molar-refractivity contribution in [3.63, 3.8) is 0 Å². The van der Waals surface area contributed by atoms with Crippen LogP contribution >= 0.6 is 145 Å². The molecule has 1 unspecified atom stereocenters. The van der Waals surface area contributed by atoms with E-state index >= 15 is 0 Å². The molecule has 1 heterocycles. The van der Waals surface area contributed by atoms with Crippen LogP contribution in [0.5, 0.6) is 0 Å². The molecule has 0 aromatic heterocycles. The summed E-state index contributed by atoms with van der Waals surface area (Å²) in [4.78, 5) is 32.0. The van der Waals surface area contributed by atoms with Gasteiger partial charge in [0.05, 0.1) is 7.11 Å². The van der Waals surface area contributed by atoms with E-state index in [4.69, 9.17) is 8.37 Å². The summed E-state index contributed by atoms with van der Waals surface area (Å²) in [5, 5.41) is -0.223. The van der Waals surface area contributed by atoms with Gasteiger partial charge in [0.15, 0.2) is 11.1 Å². The Morgan fingerprint density at radius 2 is 1.44 bits per heavy atom. The molecule has 1 aliphatic rings. The van der Waals surface area contributed by atoms with E-state index in [0.717, 1.165) is 6.08 Å². The molecule has 1 atom stereocenters. The third kappa shape index (κ3) is 32.0. The van der Waals surface area contributed by atoms with Crippen LogP contribution in [0.2, 0.25) is 0 Å². The Hall–Kier alpha value is 3.99. The van der Waals surface area contributed by atoms with Crippen LogP contribution < -0.4 is 13.3 Å². The van der Waals surface area contributed by atoms with Crippen LogP contribution in [0.25, 0.3) is 0 Å². The number of methoxy groups -OCH3 is 1. The van der Waals surface area contributed by atoms with Gasteiger partial charge in [-0.25, -0.2) is 4.79 Å². The summed E-state index contributed by atoms with van der Waals surface area (Å²) in [6.07, 6.45) is 1.11. The summed E-state index contributed by atoms with van der Waals surface area (Å²) in [5.74, 6) is 7.34. The Bertz CT molecular complexity index is 557. The van der Waals surface area contributed by atoms with E-state index in [0.29, 0.717) is 13.3 Å². The molecule has 208 valence electrons. The van der Waals surface area contributed by atoms with E-state index in [1.165, 1.54) is 21.0 Å². The Labute approximate surface area is 283 Å². The Morgan fingerprint density at radius 1 is 1.12 bits per heavy atom. The first-order chi connectivity index (χ1) is 11.5. The first-order valence-electron chi connectivity index (χ1n) is 5.82. The summed E-state index contributed by atoms with van der Waals surface area (Å²) in [5.41, 5.74) is 0. The van der Waals surface area contributed by atoms with Crippen molar-refractivity contribution in [3.8, 4) is 0 Å². The fraction of sp³-hybridized carbons (Fsp3) is 0.562. The smallest absolute Gasteiger partial charge is 0.197 e. The minimum atomic E-state index is -2.93. The Balaban J connectivity index is -0.0000000295. The zero-order valence-electron chi connectivity index (χ0n) is 15.2. The number of esters is 1. The minimum absolute atomic E-state index is 0. The van der Waals surface area contributed by atoms with Gasteiger partial charge >= 0.3 is 56.5 Å². The number of hydrogen-bond donors (Lipinski definition) is 0. The van der Waals surface area contributed by atoms with Crippen molar-refractivity contribution < 1.29 is 40.7 Å². The minimum Gasteiger partial charge on any atom is -0.197 e. The molecule has 0 N–H and O–H groups in total. The summed E-state index contributed by atoms with van der Waals surface area (Å²) >= 11 is 9.54. The van der Waals surface area contributed by atoms with Crippen LogP contribution in [0.3, 0.4) is 0 Å². The second-order valence-electron chi connectivity index (χ2n) is 3.93. The van der Waals surface area contributed by atoms with Crippen molar-refractivity contribution in [3.05, 3.63) is 12.7 Å². The molecular formula is C16H41I6O6S4-. The monoisotopic (exact) mass is 1220 g/mol. The molecule has 0 radical (unpaired) electrons. The molecule has 6 nitrogen and oxygen atoms in total. The normalized spacial score (nSPS) is 13.9. The maximum absolute atomic E-state index is 11.3. The van der Waals surface area contributed by atoms with Gasteiger partial charge in [-0.1, -0.05) is 52.6 Å². The molecule has 0 bridgehead atoms. The summed E-state index contributed by atoms with van der Waals surface area (Å²) in [7, 11) is -2.35. The van der Waals surface area contributed by atoms with Crippen LogP contribution in [0, 0.1) is 0 Å². The molecule has 0 saturated carbocycles. The molecule has 1 fully saturated rings. The van der Waals surface area contributed by atoms with Crippen molar-refractivity contribution >= 4 is 173 Å². The number of carbonyl (C=O) groups is 3. The molecule has 0 aromatic rings. The zero-order valence-corrected chi connectivity index (χ0v) is 31.9. The van der Waals surface area contributed by atoms with E-state index in [9.17, 15) is 14.4 Å². The van der Waals surface area contributed by atoms with Crippen molar-refractivity contribution in [2.75, 3.05) is 19.0 Å². The molecule has 0 aliphatic carbocycles. The third-order valence-corrected chi connectivity index (χ3v) is 6.69. The van der Waals surface area contributed by atoms with Crippen LogP contribution in [-0.4, -0.2) is 46.9 Å². The van der Waals surface area contributed by atoms with Gasteiger partial charge in [0.2, 0.25) is 5.12 Å². The third-order valence-electron chi connectivity index (χ3n) is 2.38. The number of carbonyl (C=O) groups excluding carboxylic acids is 3. The Morgan fingerprint density at radius 3 is 1.56 bits per heavy atom. The van der Waals surface area contributed by atoms with Crippen LogP contribution in [0.15, 0.2) is 12.7 Å². The summed E-state index contributed by atoms with van der Waals surface area (Å²) in [6, 6.07) is 0. The predicted octanol–water partition coefficient (Wildman–Crippen LogP) is 5.62. The molecule has 1 saturated heterocycles. The molecule has 1 rings (SSSR count). The van der Waals surface area contributed by atoms with Gasteiger partial charge in [-0.05, 0) is 5.87 Å². The van der Waals surface area contributed by atoms with E-state index < -0.39 is 25.8 Å². The van der Waals surface area contributed by atoms with Crippen molar-refractivity contribution in [2.45, 2.75) is 43.6 Å². The zero-order chi connectivity index (χ0) is 20.7. The van der Waals surface area contributed by atoms with Gasteiger partial charge in [0, 0.05) is 57.2 Å². The average Bonchev–Trinajstić information content (AvgIpc) is 3.30. The van der Waals surface area contributed by atoms with Crippen molar-refractivity contribution in [1.29, 1.82) is 0 Å². The number of ether oxygens (including phenoxy) is 1. The fourth-order valence-corrected chi connectivity index (χ4v) is 3.51. The maximum atomic E-state index is 11.3. The molecule has 32 heavy (non-hydrogen) atoms. The molecule has 0 spiro atoms. The molecular weight excluding hydrogens is 1180 g/mol. The van der Waals surface area contributed by atoms with E-state index in [1.807, 2.05) is 0 Å². The van der Waals surface area contributed by atoms with Crippen LogP contribution in [-0.2, 0) is 27.5 Å². The SMILES string of the molecule is C.C.C.C.C=CC(=O)OC.C=S(COS1(=C)(C(C)=O)CO1)C(C)=O.I.II.I[I-]I.S.S. The topological polar surface area (TPSA) is 82.2 Å². The van der Waals surface area contributed by atoms with Gasteiger partial charge in [-0.3, -0.25) is 18.0 Å². The fourth-order valence-electron chi connectivity index (χ4n) is 0.731. The van der Waals surface area contributed by atoms with Crippen molar-refractivity contribution in [1.82, 2.24) is 0 Å². The van der Waals surface area contributed by atoms with Gasteiger partial charge < -0.3 is 4.74 Å². The van der Waals surface area contributed by atoms with Crippen LogP contribution in [0.1, 0.15) is 43.6 Å². The number of hydrogen-bond acceptors (Lipinski definition) is 6. The van der Waals surface area contributed by atoms with Gasteiger partial charge in [0.25, 0.3) is 0 Å². The molecule has 1 aliphatic heterocycles. The van der Waals surface area contributed by atoms with Gasteiger partial charge in [-0.2, -0.15) is 36.3 Å². The quantitative estimate of drug-likeness (QED) is 0.120. The second kappa shape index (κ2) is 37.1. The second-order valence-corrected chi connectivity index (χ2v) is 25.6. The summed E-state index contributed by atoms with van der Waals surface area (Å²) < 4.78 is 14.6. The van der Waals surface area contributed by atoms with E-state index in [1.54, 1.807) is 0 Å². The van der Waals surface area contributed by atoms with E-state index in [2.05, 4.69) is 97.5 Å². The van der Waals surface area contributed by atoms with Gasteiger partial charge in [0.1, 0.15) is 5.94 Å². The number of halogens is 6. The van der Waals surface area contributed by atoms with E-state index in [-0.39, 0.29) is 103 Å². The largest absolute Gasteiger partial charge is 0.197 e. The standard InChI is InChI=1S/C8H14O4S2.C4H6O2.4CH4.I3.I2.HI.2H2S/c1-7(9)13(3)5-11-14(4,6-12-14)8(2)10;1-3-4(5)6-2;;;;;1-3-2;1-2;;;/h3-6H2,1-2H3;3H,1H2,2H3;4*1H4;;;1H;2*1H2/q;;;;;;-1;;;;. The molecule has 0 aromatic carbocycles. The Kier molecular flexibility index (Phi) is 75.7. The predicted molar refractivity (Wildman–Crippen MR) is 204 cm³/mol. The first-order valence-corrected chi connectivity index (χ1v) is 28.5. The number of rotatable bonds is 4. The van der Waals surface area contributed by atoms with Gasteiger partial charge in [-0.15, -0.1) is 24.0 Å².